The minimum Gasteiger partial charge on any atom is -0.461 e. The van der Waals surface area contributed by atoms with Gasteiger partial charge < -0.3 is 19.4 Å². The van der Waals surface area contributed by atoms with Gasteiger partial charge in [-0.05, 0) is 50.0 Å². The first-order valence-electron chi connectivity index (χ1n) is 7.33. The van der Waals surface area contributed by atoms with Crippen LogP contribution >= 0.6 is 15.9 Å². The predicted molar refractivity (Wildman–Crippen MR) is 86.9 cm³/mol. The summed E-state index contributed by atoms with van der Waals surface area (Å²) in [5, 5.41) is 2.61. The second-order valence-electron chi connectivity index (χ2n) is 5.84. The molecule has 130 valence electrons. The molecule has 0 bridgehead atoms. The zero-order valence-electron chi connectivity index (χ0n) is 13.7. The third kappa shape index (κ3) is 6.21. The van der Waals surface area contributed by atoms with Crippen molar-refractivity contribution < 1.29 is 23.5 Å². The minimum atomic E-state index is -0.712. The molecule has 0 aliphatic rings. The first-order chi connectivity index (χ1) is 10.7. The number of nitrogens with zero attached hydrogens (tertiary/aromatic N) is 1. The van der Waals surface area contributed by atoms with Crippen LogP contribution in [-0.4, -0.2) is 35.4 Å². The summed E-state index contributed by atoms with van der Waals surface area (Å²) in [5.74, 6) is -1.36. The number of halogens is 2. The molecular weight excluding hydrogens is 371 g/mol. The summed E-state index contributed by atoms with van der Waals surface area (Å²) in [6.45, 7) is 7.85. The lowest BCUT2D eigenvalue weighted by atomic mass is 10.2. The van der Waals surface area contributed by atoms with Gasteiger partial charge in [-0.2, -0.15) is 0 Å². The number of carbonyl (C=O) groups is 2. The van der Waals surface area contributed by atoms with Gasteiger partial charge in [0.15, 0.2) is 11.5 Å². The van der Waals surface area contributed by atoms with Crippen molar-refractivity contribution in [2.75, 3.05) is 13.2 Å². The summed E-state index contributed by atoms with van der Waals surface area (Å²) in [6.07, 6.45) is 1.48. The SMILES string of the molecule is CCOC(=O)c1c(F)c(Br)cn1CCCNC(=O)OC(C)(C)C. The molecule has 8 heteroatoms. The fourth-order valence-electron chi connectivity index (χ4n) is 1.83. The highest BCUT2D eigenvalue weighted by Crippen LogP contribution is 2.22. The summed E-state index contributed by atoms with van der Waals surface area (Å²) in [7, 11) is 0. The van der Waals surface area contributed by atoms with Crippen molar-refractivity contribution in [3.8, 4) is 0 Å². The molecule has 1 aromatic heterocycles. The van der Waals surface area contributed by atoms with Gasteiger partial charge in [0.05, 0.1) is 11.1 Å². The second kappa shape index (κ2) is 8.33. The molecule has 6 nitrogen and oxygen atoms in total. The van der Waals surface area contributed by atoms with Crippen molar-refractivity contribution in [3.63, 3.8) is 0 Å². The number of alkyl carbamates (subject to hydrolysis) is 1. The number of hydrogen-bond donors (Lipinski definition) is 1. The minimum absolute atomic E-state index is 0.129. The molecular formula is C15H22BrFN2O4. The Bertz CT molecular complexity index is 567. The van der Waals surface area contributed by atoms with Gasteiger partial charge in [0.1, 0.15) is 5.60 Å². The molecule has 0 aromatic carbocycles. The Morgan fingerprint density at radius 2 is 2.04 bits per heavy atom. The van der Waals surface area contributed by atoms with Crippen LogP contribution in [0.25, 0.3) is 0 Å². The summed E-state index contributed by atoms with van der Waals surface area (Å²) >= 11 is 3.06. The Morgan fingerprint density at radius 3 is 2.61 bits per heavy atom. The van der Waals surface area contributed by atoms with Crippen LogP contribution in [0.2, 0.25) is 0 Å². The topological polar surface area (TPSA) is 69.6 Å². The highest BCUT2D eigenvalue weighted by Gasteiger charge is 2.22. The Labute approximate surface area is 143 Å². The van der Waals surface area contributed by atoms with E-state index in [1.165, 1.54) is 10.8 Å². The zero-order valence-corrected chi connectivity index (χ0v) is 15.3. The molecule has 0 unspecified atom stereocenters. The molecule has 0 saturated heterocycles. The Balaban J connectivity index is 2.57. The third-order valence-corrected chi connectivity index (χ3v) is 3.24. The molecule has 0 atom stereocenters. The average Bonchev–Trinajstić information content (AvgIpc) is 2.68. The third-order valence-electron chi connectivity index (χ3n) is 2.69. The molecule has 1 heterocycles. The summed E-state index contributed by atoms with van der Waals surface area (Å²) in [4.78, 5) is 23.3. The first kappa shape index (κ1) is 19.5. The molecule has 0 aliphatic carbocycles. The van der Waals surface area contributed by atoms with Crippen molar-refractivity contribution in [1.82, 2.24) is 9.88 Å². The average molecular weight is 393 g/mol. The number of carbonyl (C=O) groups excluding carboxylic acids is 2. The molecule has 23 heavy (non-hydrogen) atoms. The molecule has 0 aliphatic heterocycles. The van der Waals surface area contributed by atoms with Gasteiger partial charge >= 0.3 is 12.1 Å². The zero-order chi connectivity index (χ0) is 17.6. The van der Waals surface area contributed by atoms with Crippen LogP contribution in [0.15, 0.2) is 10.7 Å². The van der Waals surface area contributed by atoms with Gasteiger partial charge in [-0.25, -0.2) is 14.0 Å². The highest BCUT2D eigenvalue weighted by atomic mass is 79.9. The Kier molecular flexibility index (Phi) is 7.05. The molecule has 1 amide bonds. The van der Waals surface area contributed by atoms with Crippen molar-refractivity contribution in [3.05, 3.63) is 22.2 Å². The molecule has 0 spiro atoms. The maximum absolute atomic E-state index is 14.0. The fourth-order valence-corrected chi connectivity index (χ4v) is 2.27. The number of rotatable bonds is 6. The molecule has 0 radical (unpaired) electrons. The Morgan fingerprint density at radius 1 is 1.39 bits per heavy atom. The lowest BCUT2D eigenvalue weighted by Crippen LogP contribution is -2.33. The van der Waals surface area contributed by atoms with Gasteiger partial charge in [-0.1, -0.05) is 0 Å². The number of aromatic nitrogens is 1. The summed E-state index contributed by atoms with van der Waals surface area (Å²) in [6, 6.07) is 0. The van der Waals surface area contributed by atoms with E-state index in [9.17, 15) is 14.0 Å². The maximum atomic E-state index is 14.0. The van der Waals surface area contributed by atoms with Gasteiger partial charge in [-0.3, -0.25) is 0 Å². The van der Waals surface area contributed by atoms with E-state index in [1.54, 1.807) is 27.7 Å². The van der Waals surface area contributed by atoms with E-state index in [0.29, 0.717) is 19.5 Å². The summed E-state index contributed by atoms with van der Waals surface area (Å²) in [5.41, 5.74) is -0.689. The maximum Gasteiger partial charge on any atom is 0.407 e. The predicted octanol–water partition coefficient (Wildman–Crippen LogP) is 3.48. The van der Waals surface area contributed by atoms with Crippen LogP contribution in [0.1, 0.15) is 44.6 Å². The van der Waals surface area contributed by atoms with E-state index in [0.717, 1.165) is 0 Å². The van der Waals surface area contributed by atoms with Crippen LogP contribution in [0.4, 0.5) is 9.18 Å². The lowest BCUT2D eigenvalue weighted by molar-refractivity contribution is 0.0498. The number of aryl methyl sites for hydroxylation is 1. The largest absolute Gasteiger partial charge is 0.461 e. The van der Waals surface area contributed by atoms with E-state index in [1.807, 2.05) is 0 Å². The van der Waals surface area contributed by atoms with Crippen LogP contribution in [0, 0.1) is 5.82 Å². The number of amides is 1. The number of esters is 1. The van der Waals surface area contributed by atoms with Gasteiger partial charge in [-0.15, -0.1) is 0 Å². The number of hydrogen-bond acceptors (Lipinski definition) is 4. The number of nitrogens with one attached hydrogen (secondary N) is 1. The van der Waals surface area contributed by atoms with E-state index in [-0.39, 0.29) is 16.8 Å². The smallest absolute Gasteiger partial charge is 0.407 e. The molecule has 1 N–H and O–H groups in total. The van der Waals surface area contributed by atoms with Crippen LogP contribution in [0.5, 0.6) is 0 Å². The monoisotopic (exact) mass is 392 g/mol. The summed E-state index contributed by atoms with van der Waals surface area (Å²) < 4.78 is 25.6. The van der Waals surface area contributed by atoms with Crippen LogP contribution in [-0.2, 0) is 16.0 Å². The molecule has 0 saturated carbocycles. The fraction of sp³-hybridized carbons (Fsp3) is 0.600. The molecule has 1 rings (SSSR count). The molecule has 1 aromatic rings. The van der Waals surface area contributed by atoms with Crippen molar-refractivity contribution in [2.45, 2.75) is 46.3 Å². The number of ether oxygens (including phenoxy) is 2. The standard InChI is InChI=1S/C15H22BrFN2O4/c1-5-22-13(20)12-11(17)10(16)9-19(12)8-6-7-18-14(21)23-15(2,3)4/h9H,5-8H2,1-4H3,(H,18,21). The van der Waals surface area contributed by atoms with Crippen LogP contribution < -0.4 is 5.32 Å². The molecule has 0 fully saturated rings. The van der Waals surface area contributed by atoms with Crippen molar-refractivity contribution in [1.29, 1.82) is 0 Å². The Hall–Kier alpha value is -1.57. The normalized spacial score (nSPS) is 11.2. The van der Waals surface area contributed by atoms with Gasteiger partial charge in [0.25, 0.3) is 0 Å². The quantitative estimate of drug-likeness (QED) is 0.594. The van der Waals surface area contributed by atoms with E-state index in [4.69, 9.17) is 9.47 Å². The van der Waals surface area contributed by atoms with Gasteiger partial charge in [0.2, 0.25) is 0 Å². The van der Waals surface area contributed by atoms with Crippen molar-refractivity contribution in [2.24, 2.45) is 0 Å². The lowest BCUT2D eigenvalue weighted by Gasteiger charge is -2.19. The van der Waals surface area contributed by atoms with E-state index in [2.05, 4.69) is 21.2 Å². The van der Waals surface area contributed by atoms with E-state index < -0.39 is 23.5 Å². The first-order valence-corrected chi connectivity index (χ1v) is 8.13. The highest BCUT2D eigenvalue weighted by molar-refractivity contribution is 9.10. The van der Waals surface area contributed by atoms with Gasteiger partial charge in [0, 0.05) is 19.3 Å². The van der Waals surface area contributed by atoms with E-state index >= 15 is 0 Å². The van der Waals surface area contributed by atoms with Crippen LogP contribution in [0.3, 0.4) is 0 Å². The second-order valence-corrected chi connectivity index (χ2v) is 6.69. The van der Waals surface area contributed by atoms with Crippen molar-refractivity contribution >= 4 is 28.0 Å².